The summed E-state index contributed by atoms with van der Waals surface area (Å²) in [6.07, 6.45) is -4.27. The highest BCUT2D eigenvalue weighted by Gasteiger charge is 2.35. The Labute approximate surface area is 131 Å². The van der Waals surface area contributed by atoms with Crippen LogP contribution < -0.4 is 5.32 Å². The van der Waals surface area contributed by atoms with Gasteiger partial charge in [-0.05, 0) is 44.5 Å². The number of aryl methyl sites for hydroxylation is 2. The average molecular weight is 326 g/mol. The van der Waals surface area contributed by atoms with Crippen molar-refractivity contribution in [2.45, 2.75) is 26.9 Å². The molecule has 7 heteroatoms. The lowest BCUT2D eigenvalue weighted by atomic mass is 10.1. The number of alkyl halides is 3. The third-order valence-electron chi connectivity index (χ3n) is 3.44. The molecule has 0 amide bonds. The van der Waals surface area contributed by atoms with Crippen LogP contribution in [0.1, 0.15) is 18.2 Å². The molecule has 124 valence electrons. The van der Waals surface area contributed by atoms with Crippen LogP contribution in [0, 0.1) is 13.8 Å². The van der Waals surface area contributed by atoms with E-state index in [1.807, 2.05) is 13.8 Å². The Bertz CT molecular complexity index is 761. The van der Waals surface area contributed by atoms with Crippen LogP contribution in [0.4, 0.5) is 18.9 Å². The molecular formula is C16H17F3N2O2. The first kappa shape index (κ1) is 16.9. The zero-order chi connectivity index (χ0) is 17.2. The van der Waals surface area contributed by atoms with Crippen LogP contribution in [0.2, 0.25) is 0 Å². The Hall–Kier alpha value is -2.44. The van der Waals surface area contributed by atoms with Crippen molar-refractivity contribution in [1.29, 1.82) is 0 Å². The molecule has 1 aromatic heterocycles. The van der Waals surface area contributed by atoms with E-state index in [1.165, 1.54) is 13.0 Å². The summed E-state index contributed by atoms with van der Waals surface area (Å²) in [5, 5.41) is 3.08. The molecule has 0 saturated heterocycles. The predicted octanol–water partition coefficient (Wildman–Crippen LogP) is 4.21. The van der Waals surface area contributed by atoms with E-state index >= 15 is 0 Å². The summed E-state index contributed by atoms with van der Waals surface area (Å²) in [5.41, 5.74) is 1.84. The van der Waals surface area contributed by atoms with Crippen molar-refractivity contribution in [2.75, 3.05) is 11.9 Å². The van der Waals surface area contributed by atoms with Gasteiger partial charge in [0.05, 0.1) is 12.7 Å². The van der Waals surface area contributed by atoms with E-state index in [2.05, 4.69) is 15.0 Å². The van der Waals surface area contributed by atoms with Crippen LogP contribution in [0.3, 0.4) is 0 Å². The fraction of sp³-hybridized carbons (Fsp3) is 0.312. The summed E-state index contributed by atoms with van der Waals surface area (Å²) in [5.74, 6) is -1.04. The zero-order valence-corrected chi connectivity index (χ0v) is 13.0. The van der Waals surface area contributed by atoms with Gasteiger partial charge in [-0.2, -0.15) is 13.2 Å². The van der Waals surface area contributed by atoms with Crippen LogP contribution in [0.15, 0.2) is 30.0 Å². The van der Waals surface area contributed by atoms with Crippen molar-refractivity contribution in [3.63, 3.8) is 0 Å². The van der Waals surface area contributed by atoms with E-state index < -0.39 is 17.8 Å². The minimum Gasteiger partial charge on any atom is -0.463 e. The number of anilines is 1. The van der Waals surface area contributed by atoms with Crippen molar-refractivity contribution >= 4 is 22.6 Å². The van der Waals surface area contributed by atoms with Gasteiger partial charge in [-0.15, -0.1) is 0 Å². The van der Waals surface area contributed by atoms with Gasteiger partial charge in [-0.1, -0.05) is 0 Å². The molecule has 0 atom stereocenters. The molecular weight excluding hydrogens is 309 g/mol. The smallest absolute Gasteiger partial charge is 0.431 e. The van der Waals surface area contributed by atoms with Crippen LogP contribution in [-0.2, 0) is 9.53 Å². The van der Waals surface area contributed by atoms with Gasteiger partial charge in [-0.25, -0.2) is 4.79 Å². The second kappa shape index (κ2) is 6.36. The van der Waals surface area contributed by atoms with Crippen LogP contribution in [0.5, 0.6) is 0 Å². The van der Waals surface area contributed by atoms with Gasteiger partial charge in [-0.3, -0.25) is 0 Å². The van der Waals surface area contributed by atoms with Crippen molar-refractivity contribution in [1.82, 2.24) is 4.98 Å². The van der Waals surface area contributed by atoms with Gasteiger partial charge >= 0.3 is 12.1 Å². The monoisotopic (exact) mass is 326 g/mol. The van der Waals surface area contributed by atoms with E-state index in [-0.39, 0.29) is 12.3 Å². The maximum absolute atomic E-state index is 13.1. The minimum atomic E-state index is -4.69. The van der Waals surface area contributed by atoms with Crippen molar-refractivity contribution in [2.24, 2.45) is 0 Å². The summed E-state index contributed by atoms with van der Waals surface area (Å²) in [7, 11) is 0. The summed E-state index contributed by atoms with van der Waals surface area (Å²) in [4.78, 5) is 14.5. The third kappa shape index (κ3) is 3.85. The molecule has 23 heavy (non-hydrogen) atoms. The Kier molecular flexibility index (Phi) is 4.68. The van der Waals surface area contributed by atoms with E-state index in [0.717, 1.165) is 22.2 Å². The van der Waals surface area contributed by atoms with Crippen molar-refractivity contribution in [3.8, 4) is 0 Å². The highest BCUT2D eigenvalue weighted by Crippen LogP contribution is 2.30. The SMILES string of the molecule is CCOC(=O)/C=C(/Nc1ccc2[nH]c(C)c(C)c2c1)C(F)(F)F. The molecule has 0 radical (unpaired) electrons. The van der Waals surface area contributed by atoms with Crippen LogP contribution in [0.25, 0.3) is 10.9 Å². The number of ether oxygens (including phenoxy) is 1. The van der Waals surface area contributed by atoms with E-state index in [0.29, 0.717) is 6.08 Å². The lowest BCUT2D eigenvalue weighted by Crippen LogP contribution is -2.21. The fourth-order valence-electron chi connectivity index (χ4n) is 2.19. The predicted molar refractivity (Wildman–Crippen MR) is 82.2 cm³/mol. The molecule has 2 rings (SSSR count). The van der Waals surface area contributed by atoms with Crippen molar-refractivity contribution < 1.29 is 22.7 Å². The summed E-state index contributed by atoms with van der Waals surface area (Å²) >= 11 is 0. The lowest BCUT2D eigenvalue weighted by Gasteiger charge is -2.14. The number of aromatic nitrogens is 1. The number of hydrogen-bond acceptors (Lipinski definition) is 3. The normalized spacial score (nSPS) is 12.5. The molecule has 0 fully saturated rings. The quantitative estimate of drug-likeness (QED) is 0.654. The molecule has 1 aromatic carbocycles. The number of allylic oxidation sites excluding steroid dienone is 1. The molecule has 1 heterocycles. The number of nitrogens with one attached hydrogen (secondary N) is 2. The van der Waals surface area contributed by atoms with Gasteiger partial charge < -0.3 is 15.0 Å². The number of hydrogen-bond donors (Lipinski definition) is 2. The van der Waals surface area contributed by atoms with Gasteiger partial charge in [0.25, 0.3) is 0 Å². The molecule has 0 aliphatic rings. The first-order chi connectivity index (χ1) is 10.7. The van der Waals surface area contributed by atoms with E-state index in [9.17, 15) is 18.0 Å². The topological polar surface area (TPSA) is 54.1 Å². The standard InChI is InChI=1S/C16H17F3N2O2/c1-4-23-15(22)8-14(16(17,18)19)21-11-5-6-13-12(7-11)9(2)10(3)20-13/h5-8,20-21H,4H2,1-3H3/b14-8+. The minimum absolute atomic E-state index is 0.00819. The Morgan fingerprint density at radius 3 is 2.65 bits per heavy atom. The summed E-state index contributed by atoms with van der Waals surface area (Å²) in [6.45, 7) is 5.31. The molecule has 0 aliphatic heterocycles. The Morgan fingerprint density at radius 1 is 1.35 bits per heavy atom. The second-order valence-corrected chi connectivity index (χ2v) is 5.07. The van der Waals surface area contributed by atoms with E-state index in [4.69, 9.17) is 0 Å². The molecule has 2 aromatic rings. The lowest BCUT2D eigenvalue weighted by molar-refractivity contribution is -0.138. The Balaban J connectivity index is 2.36. The first-order valence-corrected chi connectivity index (χ1v) is 7.04. The largest absolute Gasteiger partial charge is 0.463 e. The molecule has 0 bridgehead atoms. The number of fused-ring (bicyclic) bond motifs is 1. The van der Waals surface area contributed by atoms with Gasteiger partial charge in [0, 0.05) is 22.3 Å². The number of H-pyrrole nitrogens is 1. The number of benzene rings is 1. The maximum atomic E-state index is 13.1. The highest BCUT2D eigenvalue weighted by molar-refractivity contribution is 5.88. The van der Waals surface area contributed by atoms with Gasteiger partial charge in [0.2, 0.25) is 0 Å². The third-order valence-corrected chi connectivity index (χ3v) is 3.44. The highest BCUT2D eigenvalue weighted by atomic mass is 19.4. The molecule has 0 unspecified atom stereocenters. The second-order valence-electron chi connectivity index (χ2n) is 5.07. The summed E-state index contributed by atoms with van der Waals surface area (Å²) < 4.78 is 43.7. The number of esters is 1. The number of carbonyl (C=O) groups excluding carboxylic acids is 1. The number of carbonyl (C=O) groups is 1. The molecule has 2 N–H and O–H groups in total. The first-order valence-electron chi connectivity index (χ1n) is 7.04. The fourth-order valence-corrected chi connectivity index (χ4v) is 2.19. The van der Waals surface area contributed by atoms with Crippen LogP contribution >= 0.6 is 0 Å². The molecule has 0 spiro atoms. The number of rotatable bonds is 4. The van der Waals surface area contributed by atoms with Crippen molar-refractivity contribution in [3.05, 3.63) is 41.2 Å². The van der Waals surface area contributed by atoms with E-state index in [1.54, 1.807) is 12.1 Å². The molecule has 0 saturated carbocycles. The van der Waals surface area contributed by atoms with Crippen LogP contribution in [-0.4, -0.2) is 23.7 Å². The number of aromatic amines is 1. The Morgan fingerprint density at radius 2 is 2.04 bits per heavy atom. The maximum Gasteiger partial charge on any atom is 0.431 e. The molecule has 0 aliphatic carbocycles. The van der Waals surface area contributed by atoms with Gasteiger partial charge in [0.15, 0.2) is 0 Å². The molecule has 4 nitrogen and oxygen atoms in total. The summed E-state index contributed by atoms with van der Waals surface area (Å²) in [6, 6.07) is 4.82. The zero-order valence-electron chi connectivity index (χ0n) is 13.0. The van der Waals surface area contributed by atoms with Gasteiger partial charge in [0.1, 0.15) is 5.70 Å². The number of halogens is 3. The average Bonchev–Trinajstić information content (AvgIpc) is 2.73.